The fourth-order valence-electron chi connectivity index (χ4n) is 1.66. The van der Waals surface area contributed by atoms with Gasteiger partial charge in [0.1, 0.15) is 6.61 Å². The molecule has 0 aromatic rings. The second kappa shape index (κ2) is 10.3. The molecule has 0 aliphatic rings. The van der Waals surface area contributed by atoms with Gasteiger partial charge in [-0.2, -0.15) is 0 Å². The van der Waals surface area contributed by atoms with Crippen LogP contribution in [0.2, 0.25) is 0 Å². The van der Waals surface area contributed by atoms with Gasteiger partial charge >= 0.3 is 5.97 Å². The number of rotatable bonds is 10. The number of aliphatic carboxylic acids is 1. The molecule has 1 amide bonds. The van der Waals surface area contributed by atoms with Crippen LogP contribution >= 0.6 is 0 Å². The Labute approximate surface area is 132 Å². The minimum atomic E-state index is -0.981. The zero-order valence-corrected chi connectivity index (χ0v) is 14.2. The zero-order valence-electron chi connectivity index (χ0n) is 14.2. The zero-order chi connectivity index (χ0) is 17.2. The first kappa shape index (κ1) is 20.6. The summed E-state index contributed by atoms with van der Waals surface area (Å²) >= 11 is 0. The first-order valence-electron chi connectivity index (χ1n) is 7.29. The Bertz CT molecular complexity index is 389. The fraction of sp³-hybridized carbons (Fsp3) is 0.733. The lowest BCUT2D eigenvalue weighted by atomic mass is 9.92. The van der Waals surface area contributed by atoms with Crippen LogP contribution in [0.15, 0.2) is 11.6 Å². The second-order valence-corrected chi connectivity index (χ2v) is 6.24. The van der Waals surface area contributed by atoms with Gasteiger partial charge in [0.2, 0.25) is 5.91 Å². The summed E-state index contributed by atoms with van der Waals surface area (Å²) in [6.07, 6.45) is 1.75. The maximum atomic E-state index is 11.7. The predicted octanol–water partition coefficient (Wildman–Crippen LogP) is 0.331. The number of hydrogen-bond donors (Lipinski definition) is 4. The van der Waals surface area contributed by atoms with Gasteiger partial charge in [-0.15, -0.1) is 0 Å². The van der Waals surface area contributed by atoms with Gasteiger partial charge in [0.15, 0.2) is 0 Å². The van der Waals surface area contributed by atoms with Gasteiger partial charge < -0.3 is 20.5 Å². The Morgan fingerprint density at radius 1 is 1.27 bits per heavy atom. The molecule has 0 aliphatic carbocycles. The largest absolute Gasteiger partial charge is 0.480 e. The number of hydrogen-bond acceptors (Lipinski definition) is 5. The van der Waals surface area contributed by atoms with Crippen molar-refractivity contribution in [1.29, 1.82) is 0 Å². The molecular weight excluding hydrogens is 286 g/mol. The third-order valence-corrected chi connectivity index (χ3v) is 2.84. The second-order valence-electron chi connectivity index (χ2n) is 6.24. The van der Waals surface area contributed by atoms with E-state index in [0.29, 0.717) is 6.54 Å². The molecule has 1 atom stereocenters. The van der Waals surface area contributed by atoms with E-state index in [-0.39, 0.29) is 37.2 Å². The average molecular weight is 315 g/mol. The van der Waals surface area contributed by atoms with E-state index in [2.05, 4.69) is 16.0 Å². The molecule has 0 radical (unpaired) electrons. The lowest BCUT2D eigenvalue weighted by Crippen LogP contribution is -2.54. The molecule has 4 N–H and O–H groups in total. The van der Waals surface area contributed by atoms with Crippen LogP contribution in [-0.2, 0) is 14.3 Å². The van der Waals surface area contributed by atoms with Gasteiger partial charge in [-0.05, 0) is 19.4 Å². The van der Waals surface area contributed by atoms with Crippen molar-refractivity contribution in [3.05, 3.63) is 11.6 Å². The molecule has 1 unspecified atom stereocenters. The third-order valence-electron chi connectivity index (χ3n) is 2.84. The first-order chi connectivity index (χ1) is 10.2. The normalized spacial score (nSPS) is 13.8. The number of carbonyl (C=O) groups excluding carboxylic acids is 1. The molecule has 0 saturated heterocycles. The Kier molecular flexibility index (Phi) is 9.64. The number of nitrogens with one attached hydrogen (secondary N) is 3. The summed E-state index contributed by atoms with van der Waals surface area (Å²) in [6, 6.07) is 0. The molecule has 0 saturated carbocycles. The first-order valence-corrected chi connectivity index (χ1v) is 7.29. The van der Waals surface area contributed by atoms with Crippen LogP contribution in [0.5, 0.6) is 0 Å². The van der Waals surface area contributed by atoms with Crippen molar-refractivity contribution in [2.75, 3.05) is 33.4 Å². The van der Waals surface area contributed by atoms with Gasteiger partial charge in [0.25, 0.3) is 0 Å². The summed E-state index contributed by atoms with van der Waals surface area (Å²) in [7, 11) is 1.72. The van der Waals surface area contributed by atoms with E-state index in [9.17, 15) is 9.59 Å². The van der Waals surface area contributed by atoms with Crippen LogP contribution in [0.3, 0.4) is 0 Å². The van der Waals surface area contributed by atoms with Crippen molar-refractivity contribution in [2.24, 2.45) is 5.41 Å². The summed E-state index contributed by atoms with van der Waals surface area (Å²) in [4.78, 5) is 22.0. The number of amides is 1. The van der Waals surface area contributed by atoms with E-state index in [4.69, 9.17) is 9.84 Å². The lowest BCUT2D eigenvalue weighted by molar-refractivity contribution is -0.141. The molecule has 0 aromatic carbocycles. The smallest absolute Gasteiger partial charge is 0.329 e. The van der Waals surface area contributed by atoms with Crippen LogP contribution in [0, 0.1) is 5.41 Å². The summed E-state index contributed by atoms with van der Waals surface area (Å²) in [6.45, 7) is 8.79. The maximum absolute atomic E-state index is 11.7. The number of likely N-dealkylation sites (N-methyl/N-ethyl adjacent to an activating group) is 1. The summed E-state index contributed by atoms with van der Waals surface area (Å²) in [5.74, 6) is -1.05. The monoisotopic (exact) mass is 315 g/mol. The number of carboxylic acids is 1. The van der Waals surface area contributed by atoms with E-state index in [1.165, 1.54) is 0 Å². The highest BCUT2D eigenvalue weighted by molar-refractivity contribution is 5.78. The minimum Gasteiger partial charge on any atom is -0.480 e. The molecule has 7 nitrogen and oxygen atoms in total. The van der Waals surface area contributed by atoms with Crippen molar-refractivity contribution in [2.45, 2.75) is 33.9 Å². The van der Waals surface area contributed by atoms with E-state index >= 15 is 0 Å². The van der Waals surface area contributed by atoms with Crippen molar-refractivity contribution in [3.8, 4) is 0 Å². The summed E-state index contributed by atoms with van der Waals surface area (Å²) in [5, 5.41) is 17.5. The van der Waals surface area contributed by atoms with Crippen molar-refractivity contribution in [3.63, 3.8) is 0 Å². The van der Waals surface area contributed by atoms with E-state index in [0.717, 1.165) is 5.57 Å². The molecule has 7 heteroatoms. The molecule has 0 aliphatic heterocycles. The molecule has 22 heavy (non-hydrogen) atoms. The Morgan fingerprint density at radius 2 is 1.91 bits per heavy atom. The van der Waals surface area contributed by atoms with Crippen LogP contribution in [0.25, 0.3) is 0 Å². The van der Waals surface area contributed by atoms with Gasteiger partial charge in [-0.1, -0.05) is 32.4 Å². The molecule has 0 heterocycles. The topological polar surface area (TPSA) is 99.7 Å². The van der Waals surface area contributed by atoms with Crippen molar-refractivity contribution < 1.29 is 19.4 Å². The number of ether oxygens (including phenoxy) is 1. The average Bonchev–Trinajstić information content (AvgIpc) is 2.36. The number of carboxylic acid groups (broad SMARTS) is 1. The highest BCUT2D eigenvalue weighted by atomic mass is 16.5. The maximum Gasteiger partial charge on any atom is 0.329 e. The summed E-state index contributed by atoms with van der Waals surface area (Å²) in [5.41, 5.74) is 0.799. The van der Waals surface area contributed by atoms with Gasteiger partial charge in [0, 0.05) is 6.54 Å². The Balaban J connectivity index is 4.33. The highest BCUT2D eigenvalue weighted by Gasteiger charge is 2.25. The molecule has 0 aromatic heterocycles. The van der Waals surface area contributed by atoms with Crippen LogP contribution in [0.1, 0.15) is 27.7 Å². The SMILES string of the molecule is CNCC(=O)NC(NC/C=C(\C)COCC(=O)O)C(C)(C)C. The quantitative estimate of drug-likeness (QED) is 0.342. The van der Waals surface area contributed by atoms with Gasteiger partial charge in [-0.25, -0.2) is 4.79 Å². The molecule has 0 rings (SSSR count). The van der Waals surface area contributed by atoms with Gasteiger partial charge in [-0.3, -0.25) is 10.1 Å². The predicted molar refractivity (Wildman–Crippen MR) is 85.5 cm³/mol. The van der Waals surface area contributed by atoms with E-state index in [1.807, 2.05) is 33.8 Å². The Hall–Kier alpha value is -1.44. The summed E-state index contributed by atoms with van der Waals surface area (Å²) < 4.78 is 5.00. The molecule has 0 spiro atoms. The fourth-order valence-corrected chi connectivity index (χ4v) is 1.66. The van der Waals surface area contributed by atoms with E-state index < -0.39 is 5.97 Å². The highest BCUT2D eigenvalue weighted by Crippen LogP contribution is 2.17. The molecule has 0 fully saturated rings. The van der Waals surface area contributed by atoms with Crippen molar-refractivity contribution in [1.82, 2.24) is 16.0 Å². The van der Waals surface area contributed by atoms with Crippen molar-refractivity contribution >= 4 is 11.9 Å². The lowest BCUT2D eigenvalue weighted by Gasteiger charge is -2.32. The van der Waals surface area contributed by atoms with Gasteiger partial charge in [0.05, 0.1) is 19.3 Å². The molecule has 128 valence electrons. The molecule has 0 bridgehead atoms. The number of carbonyl (C=O) groups is 2. The third kappa shape index (κ3) is 10.3. The van der Waals surface area contributed by atoms with Crippen LogP contribution < -0.4 is 16.0 Å². The van der Waals surface area contributed by atoms with Crippen LogP contribution in [-0.4, -0.2) is 56.5 Å². The Morgan fingerprint density at radius 3 is 2.41 bits per heavy atom. The van der Waals surface area contributed by atoms with Crippen LogP contribution in [0.4, 0.5) is 0 Å². The standard InChI is InChI=1S/C15H29N3O4/c1-11(9-22-10-13(20)21)6-7-17-14(15(2,3)4)18-12(19)8-16-5/h6,14,16-17H,7-10H2,1-5H3,(H,18,19)(H,20,21)/b11-6+. The minimum absolute atomic E-state index is 0.0691. The van der Waals surface area contributed by atoms with E-state index in [1.54, 1.807) is 7.05 Å². The molecular formula is C15H29N3O4.